The smallest absolute Gasteiger partial charge is 0.289 e. The summed E-state index contributed by atoms with van der Waals surface area (Å²) in [5.41, 5.74) is 7.06. The molecule has 2 aromatic heterocycles. The predicted octanol–water partition coefficient (Wildman–Crippen LogP) is 2.05. The number of primary amides is 1. The second-order valence-electron chi connectivity index (χ2n) is 6.85. The molecule has 8 nitrogen and oxygen atoms in total. The van der Waals surface area contributed by atoms with Crippen LogP contribution in [0.15, 0.2) is 45.2 Å². The van der Waals surface area contributed by atoms with Gasteiger partial charge in [-0.25, -0.2) is 4.98 Å². The highest BCUT2D eigenvalue weighted by molar-refractivity contribution is 5.98. The molecule has 29 heavy (non-hydrogen) atoms. The number of amides is 2. The monoisotopic (exact) mass is 397 g/mol. The quantitative estimate of drug-likeness (QED) is 0.559. The number of hydrogen-bond acceptors (Lipinski definition) is 6. The third kappa shape index (κ3) is 4.55. The Bertz CT molecular complexity index is 1020. The van der Waals surface area contributed by atoms with Gasteiger partial charge >= 0.3 is 0 Å². The summed E-state index contributed by atoms with van der Waals surface area (Å²) in [4.78, 5) is 28.8. The van der Waals surface area contributed by atoms with E-state index in [0.717, 1.165) is 5.56 Å². The van der Waals surface area contributed by atoms with Crippen molar-refractivity contribution in [1.29, 1.82) is 0 Å². The number of oxazole rings is 1. The second-order valence-corrected chi connectivity index (χ2v) is 6.85. The van der Waals surface area contributed by atoms with Crippen molar-refractivity contribution in [3.05, 3.63) is 65.1 Å². The van der Waals surface area contributed by atoms with Gasteiger partial charge in [-0.1, -0.05) is 30.3 Å². The van der Waals surface area contributed by atoms with Gasteiger partial charge in [0.1, 0.15) is 17.2 Å². The molecule has 3 aromatic rings. The van der Waals surface area contributed by atoms with E-state index in [0.29, 0.717) is 28.7 Å². The van der Waals surface area contributed by atoms with E-state index in [1.807, 2.05) is 30.3 Å². The lowest BCUT2D eigenvalue weighted by atomic mass is 10.0. The van der Waals surface area contributed by atoms with Gasteiger partial charge in [0.25, 0.3) is 5.91 Å². The van der Waals surface area contributed by atoms with Crippen molar-refractivity contribution < 1.29 is 23.5 Å². The number of furan rings is 1. The first kappa shape index (κ1) is 20.3. The number of nitrogens with zero attached hydrogens (tertiary/aromatic N) is 1. The van der Waals surface area contributed by atoms with Gasteiger partial charge in [-0.2, -0.15) is 0 Å². The van der Waals surface area contributed by atoms with Crippen LogP contribution in [0.5, 0.6) is 0 Å². The zero-order valence-corrected chi connectivity index (χ0v) is 16.4. The summed E-state index contributed by atoms with van der Waals surface area (Å²) in [6.07, 6.45) is -1.35. The first-order valence-corrected chi connectivity index (χ1v) is 9.13. The summed E-state index contributed by atoms with van der Waals surface area (Å²) in [5, 5.41) is 12.9. The molecule has 3 rings (SSSR count). The molecular formula is C21H23N3O5. The number of nitrogens with two attached hydrogens (primary N) is 1. The number of aryl methyl sites for hydroxylation is 3. The molecule has 4 N–H and O–H groups in total. The molecule has 8 heteroatoms. The molecule has 2 unspecified atom stereocenters. The molecule has 2 heterocycles. The summed E-state index contributed by atoms with van der Waals surface area (Å²) >= 11 is 0. The first-order valence-electron chi connectivity index (χ1n) is 9.13. The Morgan fingerprint density at radius 3 is 2.45 bits per heavy atom. The summed E-state index contributed by atoms with van der Waals surface area (Å²) in [6.45, 7) is 5.19. The number of aliphatic hydroxyl groups is 1. The number of carbonyl (C=O) groups is 2. The van der Waals surface area contributed by atoms with E-state index < -0.39 is 24.0 Å². The van der Waals surface area contributed by atoms with E-state index in [9.17, 15) is 14.7 Å². The zero-order valence-electron chi connectivity index (χ0n) is 16.4. The fourth-order valence-electron chi connectivity index (χ4n) is 3.17. The number of aromatic nitrogens is 1. The highest BCUT2D eigenvalue weighted by Gasteiger charge is 2.30. The minimum atomic E-state index is -1.57. The number of carbonyl (C=O) groups excluding carboxylic acids is 2. The number of rotatable bonds is 7. The Labute approximate surface area is 167 Å². The van der Waals surface area contributed by atoms with Crippen LogP contribution in [-0.2, 0) is 11.2 Å². The van der Waals surface area contributed by atoms with Crippen molar-refractivity contribution >= 4 is 11.8 Å². The Morgan fingerprint density at radius 1 is 1.17 bits per heavy atom. The Kier molecular flexibility index (Phi) is 5.84. The maximum Gasteiger partial charge on any atom is 0.289 e. The van der Waals surface area contributed by atoms with Crippen LogP contribution in [0.4, 0.5) is 0 Å². The van der Waals surface area contributed by atoms with Crippen LogP contribution in [0.3, 0.4) is 0 Å². The molecular weight excluding hydrogens is 374 g/mol. The maximum absolute atomic E-state index is 13.0. The van der Waals surface area contributed by atoms with Gasteiger partial charge < -0.3 is 25.0 Å². The summed E-state index contributed by atoms with van der Waals surface area (Å²) in [5.74, 6) is 0.0136. The normalized spacial score (nSPS) is 13.1. The molecule has 1 aromatic carbocycles. The van der Waals surface area contributed by atoms with E-state index in [-0.39, 0.29) is 12.2 Å². The zero-order chi connectivity index (χ0) is 21.1. The summed E-state index contributed by atoms with van der Waals surface area (Å²) < 4.78 is 11.1. The molecule has 0 radical (unpaired) electrons. The predicted molar refractivity (Wildman–Crippen MR) is 105 cm³/mol. The average Bonchev–Trinajstić information content (AvgIpc) is 3.22. The Morgan fingerprint density at radius 2 is 1.86 bits per heavy atom. The SMILES string of the molecule is Cc1cc(-c2nc(C)oc2C(=O)NC(Cc2ccccc2)C(O)C(N)=O)c(C)o1. The molecule has 2 atom stereocenters. The number of nitrogens with one attached hydrogen (secondary N) is 1. The second kappa shape index (κ2) is 8.32. The van der Waals surface area contributed by atoms with Crippen LogP contribution in [0.1, 0.15) is 33.5 Å². The number of hydrogen-bond donors (Lipinski definition) is 3. The van der Waals surface area contributed by atoms with Gasteiger partial charge in [-0.3, -0.25) is 9.59 Å². The van der Waals surface area contributed by atoms with Crippen molar-refractivity contribution in [2.75, 3.05) is 0 Å². The van der Waals surface area contributed by atoms with E-state index >= 15 is 0 Å². The molecule has 0 saturated carbocycles. The lowest BCUT2D eigenvalue weighted by Crippen LogP contribution is -2.50. The molecule has 152 valence electrons. The highest BCUT2D eigenvalue weighted by atomic mass is 16.4. The van der Waals surface area contributed by atoms with Gasteiger partial charge in [0.05, 0.1) is 6.04 Å². The molecule has 2 amide bonds. The third-order valence-electron chi connectivity index (χ3n) is 4.52. The molecule has 0 fully saturated rings. The first-order chi connectivity index (χ1) is 13.8. The van der Waals surface area contributed by atoms with Gasteiger partial charge in [-0.05, 0) is 31.9 Å². The van der Waals surface area contributed by atoms with Gasteiger partial charge in [0.2, 0.25) is 11.7 Å². The topological polar surface area (TPSA) is 132 Å². The summed E-state index contributed by atoms with van der Waals surface area (Å²) in [6, 6.07) is 9.99. The highest BCUT2D eigenvalue weighted by Crippen LogP contribution is 2.29. The third-order valence-corrected chi connectivity index (χ3v) is 4.52. The summed E-state index contributed by atoms with van der Waals surface area (Å²) in [7, 11) is 0. The van der Waals surface area contributed by atoms with Crippen molar-refractivity contribution in [3.8, 4) is 11.3 Å². The van der Waals surface area contributed by atoms with Gasteiger partial charge in [0, 0.05) is 12.5 Å². The van der Waals surface area contributed by atoms with Crippen LogP contribution in [0, 0.1) is 20.8 Å². The minimum absolute atomic E-state index is 0.0267. The van der Waals surface area contributed by atoms with Crippen molar-refractivity contribution in [2.24, 2.45) is 5.73 Å². The molecule has 0 saturated heterocycles. The molecule has 0 bridgehead atoms. The maximum atomic E-state index is 13.0. The van der Waals surface area contributed by atoms with E-state index in [2.05, 4.69) is 10.3 Å². The van der Waals surface area contributed by atoms with Gasteiger partial charge in [0.15, 0.2) is 12.0 Å². The van der Waals surface area contributed by atoms with Crippen LogP contribution in [0.25, 0.3) is 11.3 Å². The van der Waals surface area contributed by atoms with E-state index in [1.165, 1.54) is 0 Å². The van der Waals surface area contributed by atoms with Crippen molar-refractivity contribution in [3.63, 3.8) is 0 Å². The molecule has 0 aliphatic heterocycles. The van der Waals surface area contributed by atoms with Crippen LogP contribution in [-0.4, -0.2) is 34.1 Å². The lowest BCUT2D eigenvalue weighted by Gasteiger charge is -2.22. The van der Waals surface area contributed by atoms with Crippen LogP contribution >= 0.6 is 0 Å². The molecule has 0 aliphatic carbocycles. The van der Waals surface area contributed by atoms with E-state index in [1.54, 1.807) is 26.8 Å². The van der Waals surface area contributed by atoms with Crippen molar-refractivity contribution in [1.82, 2.24) is 10.3 Å². The number of aliphatic hydroxyl groups excluding tert-OH is 1. The fourth-order valence-corrected chi connectivity index (χ4v) is 3.17. The average molecular weight is 397 g/mol. The lowest BCUT2D eigenvalue weighted by molar-refractivity contribution is -0.127. The number of benzene rings is 1. The molecule has 0 aliphatic rings. The Balaban J connectivity index is 1.90. The Hall–Kier alpha value is -3.39. The van der Waals surface area contributed by atoms with Crippen LogP contribution in [0.2, 0.25) is 0 Å². The van der Waals surface area contributed by atoms with Gasteiger partial charge in [-0.15, -0.1) is 0 Å². The van der Waals surface area contributed by atoms with Crippen LogP contribution < -0.4 is 11.1 Å². The largest absolute Gasteiger partial charge is 0.466 e. The minimum Gasteiger partial charge on any atom is -0.466 e. The van der Waals surface area contributed by atoms with E-state index in [4.69, 9.17) is 14.6 Å². The standard InChI is InChI=1S/C21H23N3O5/c1-11-9-15(12(2)28-11)17-19(29-13(3)23-17)21(27)24-16(18(25)20(22)26)10-14-7-5-4-6-8-14/h4-9,16,18,25H,10H2,1-3H3,(H2,22,26)(H,24,27). The van der Waals surface area contributed by atoms with Crippen molar-refractivity contribution in [2.45, 2.75) is 39.3 Å². The molecule has 0 spiro atoms. The fraction of sp³-hybridized carbons (Fsp3) is 0.286.